The second kappa shape index (κ2) is 9.18. The summed E-state index contributed by atoms with van der Waals surface area (Å²) in [4.78, 5) is 25.3. The average Bonchev–Trinajstić information content (AvgIpc) is 2.69. The van der Waals surface area contributed by atoms with Crippen LogP contribution in [0.2, 0.25) is 0 Å². The number of rotatable bonds is 7. The second-order valence-corrected chi connectivity index (χ2v) is 7.00. The van der Waals surface area contributed by atoms with Crippen molar-refractivity contribution < 1.29 is 4.79 Å². The van der Waals surface area contributed by atoms with Gasteiger partial charge in [-0.25, -0.2) is 0 Å². The van der Waals surface area contributed by atoms with Gasteiger partial charge in [0.15, 0.2) is 0 Å². The molecule has 1 N–H and O–H groups in total. The number of nitrogens with zero attached hydrogens (tertiary/aromatic N) is 1. The number of aryl methyl sites for hydroxylation is 2. The number of aromatic nitrogens is 1. The van der Waals surface area contributed by atoms with E-state index in [1.807, 2.05) is 74.5 Å². The zero-order valence-corrected chi connectivity index (χ0v) is 16.4. The number of carbonyl (C=O) groups excluding carboxylic acids is 1. The summed E-state index contributed by atoms with van der Waals surface area (Å²) >= 11 is 0. The molecular formula is C24H26N2O2. The highest BCUT2D eigenvalue weighted by molar-refractivity contribution is 5.96. The van der Waals surface area contributed by atoms with E-state index >= 15 is 0 Å². The number of hydrogen-bond acceptors (Lipinski definition) is 2. The van der Waals surface area contributed by atoms with Gasteiger partial charge in [-0.2, -0.15) is 0 Å². The molecule has 0 radical (unpaired) electrons. The number of nitrogens with one attached hydrogen (secondary N) is 1. The van der Waals surface area contributed by atoms with E-state index in [0.29, 0.717) is 18.7 Å². The molecule has 28 heavy (non-hydrogen) atoms. The lowest BCUT2D eigenvalue weighted by atomic mass is 10.1. The van der Waals surface area contributed by atoms with Crippen LogP contribution in [0.5, 0.6) is 0 Å². The van der Waals surface area contributed by atoms with E-state index in [4.69, 9.17) is 0 Å². The summed E-state index contributed by atoms with van der Waals surface area (Å²) in [6.45, 7) is 4.79. The Bertz CT molecular complexity index is 992. The monoisotopic (exact) mass is 374 g/mol. The Kier molecular flexibility index (Phi) is 6.43. The third-order valence-electron chi connectivity index (χ3n) is 5.00. The van der Waals surface area contributed by atoms with E-state index in [1.54, 1.807) is 10.6 Å². The van der Waals surface area contributed by atoms with Crippen LogP contribution in [0.15, 0.2) is 71.5 Å². The van der Waals surface area contributed by atoms with Crippen LogP contribution < -0.4 is 10.9 Å². The predicted octanol–water partition coefficient (Wildman–Crippen LogP) is 3.68. The molecular weight excluding hydrogens is 348 g/mol. The van der Waals surface area contributed by atoms with E-state index in [1.165, 1.54) is 11.1 Å². The molecule has 0 aliphatic rings. The van der Waals surface area contributed by atoms with Crippen molar-refractivity contribution in [2.75, 3.05) is 6.54 Å². The standard InChI is InChI=1S/C24H26N2O2/c1-18-17-22(27)26(16-14-21-11-7-4-8-12-21)19(2)23(18)24(28)25-15-13-20-9-5-3-6-10-20/h3-12,17H,13-16H2,1-2H3,(H,25,28). The van der Waals surface area contributed by atoms with Crippen LogP contribution in [0.1, 0.15) is 32.7 Å². The number of hydrogen-bond donors (Lipinski definition) is 1. The minimum atomic E-state index is -0.126. The van der Waals surface area contributed by atoms with Crippen LogP contribution in [0, 0.1) is 13.8 Å². The third-order valence-corrected chi connectivity index (χ3v) is 5.00. The van der Waals surface area contributed by atoms with Crippen LogP contribution in [-0.2, 0) is 19.4 Å². The van der Waals surface area contributed by atoms with Crippen LogP contribution in [0.3, 0.4) is 0 Å². The topological polar surface area (TPSA) is 51.1 Å². The van der Waals surface area contributed by atoms with E-state index in [9.17, 15) is 9.59 Å². The van der Waals surface area contributed by atoms with Gasteiger partial charge in [-0.15, -0.1) is 0 Å². The average molecular weight is 374 g/mol. The lowest BCUT2D eigenvalue weighted by Crippen LogP contribution is -2.32. The van der Waals surface area contributed by atoms with Gasteiger partial charge in [0, 0.05) is 24.8 Å². The number of amides is 1. The molecule has 3 aromatic rings. The van der Waals surface area contributed by atoms with E-state index in [-0.39, 0.29) is 11.5 Å². The minimum absolute atomic E-state index is 0.0632. The molecule has 1 heterocycles. The molecule has 0 saturated heterocycles. The molecule has 1 aromatic heterocycles. The van der Waals surface area contributed by atoms with Crippen LogP contribution in [0.4, 0.5) is 0 Å². The Balaban J connectivity index is 1.73. The molecule has 0 atom stereocenters. The molecule has 0 fully saturated rings. The molecule has 144 valence electrons. The van der Waals surface area contributed by atoms with Crippen molar-refractivity contribution in [3.63, 3.8) is 0 Å². The first kappa shape index (κ1) is 19.6. The maximum absolute atomic E-state index is 12.8. The predicted molar refractivity (Wildman–Crippen MR) is 113 cm³/mol. The molecule has 1 amide bonds. The van der Waals surface area contributed by atoms with Crippen molar-refractivity contribution in [1.29, 1.82) is 0 Å². The molecule has 0 aliphatic carbocycles. The lowest BCUT2D eigenvalue weighted by Gasteiger charge is -2.16. The van der Waals surface area contributed by atoms with Gasteiger partial charge in [-0.3, -0.25) is 9.59 Å². The summed E-state index contributed by atoms with van der Waals surface area (Å²) in [6.07, 6.45) is 1.53. The van der Waals surface area contributed by atoms with Crippen LogP contribution in [0.25, 0.3) is 0 Å². The SMILES string of the molecule is Cc1cc(=O)n(CCc2ccccc2)c(C)c1C(=O)NCCc1ccccc1. The van der Waals surface area contributed by atoms with Crippen molar-refractivity contribution in [2.45, 2.75) is 33.2 Å². The molecule has 0 bridgehead atoms. The fraction of sp³-hybridized carbons (Fsp3) is 0.250. The molecule has 0 spiro atoms. The van der Waals surface area contributed by atoms with Gasteiger partial charge < -0.3 is 9.88 Å². The van der Waals surface area contributed by atoms with Gasteiger partial charge in [0.25, 0.3) is 11.5 Å². The quantitative estimate of drug-likeness (QED) is 0.686. The number of benzene rings is 2. The largest absolute Gasteiger partial charge is 0.352 e. The fourth-order valence-corrected chi connectivity index (χ4v) is 3.48. The number of carbonyl (C=O) groups is 1. The Labute approximate surface area is 165 Å². The molecule has 0 aliphatic heterocycles. The Morgan fingerprint density at radius 2 is 1.46 bits per heavy atom. The highest BCUT2D eigenvalue weighted by Gasteiger charge is 2.16. The summed E-state index contributed by atoms with van der Waals surface area (Å²) in [7, 11) is 0. The normalized spacial score (nSPS) is 10.6. The molecule has 0 saturated carbocycles. The van der Waals surface area contributed by atoms with Gasteiger partial charge in [0.05, 0.1) is 5.56 Å². The summed E-state index contributed by atoms with van der Waals surface area (Å²) in [5.74, 6) is -0.126. The highest BCUT2D eigenvalue weighted by Crippen LogP contribution is 2.12. The fourth-order valence-electron chi connectivity index (χ4n) is 3.48. The van der Waals surface area contributed by atoms with Gasteiger partial charge in [0.1, 0.15) is 0 Å². The molecule has 4 nitrogen and oxygen atoms in total. The molecule has 3 rings (SSSR count). The van der Waals surface area contributed by atoms with Crippen molar-refractivity contribution in [3.8, 4) is 0 Å². The highest BCUT2D eigenvalue weighted by atomic mass is 16.2. The second-order valence-electron chi connectivity index (χ2n) is 7.00. The Morgan fingerprint density at radius 3 is 2.07 bits per heavy atom. The van der Waals surface area contributed by atoms with E-state index in [2.05, 4.69) is 5.32 Å². The van der Waals surface area contributed by atoms with Crippen molar-refractivity contribution in [1.82, 2.24) is 9.88 Å². The summed E-state index contributed by atoms with van der Waals surface area (Å²) < 4.78 is 1.70. The summed E-state index contributed by atoms with van der Waals surface area (Å²) in [5.41, 5.74) is 4.33. The Hall–Kier alpha value is -3.14. The van der Waals surface area contributed by atoms with Gasteiger partial charge in [-0.1, -0.05) is 60.7 Å². The zero-order valence-electron chi connectivity index (χ0n) is 16.4. The first-order valence-corrected chi connectivity index (χ1v) is 9.63. The minimum Gasteiger partial charge on any atom is -0.352 e. The first-order valence-electron chi connectivity index (χ1n) is 9.63. The molecule has 2 aromatic carbocycles. The van der Waals surface area contributed by atoms with Gasteiger partial charge in [0.2, 0.25) is 0 Å². The first-order chi connectivity index (χ1) is 13.6. The third kappa shape index (κ3) is 4.77. The van der Waals surface area contributed by atoms with Gasteiger partial charge in [-0.05, 0) is 43.4 Å². The Morgan fingerprint density at radius 1 is 0.893 bits per heavy atom. The number of pyridine rings is 1. The van der Waals surface area contributed by atoms with Crippen molar-refractivity contribution in [3.05, 3.63) is 105 Å². The van der Waals surface area contributed by atoms with Gasteiger partial charge >= 0.3 is 0 Å². The van der Waals surface area contributed by atoms with Crippen molar-refractivity contribution >= 4 is 5.91 Å². The van der Waals surface area contributed by atoms with Crippen molar-refractivity contribution in [2.24, 2.45) is 0 Å². The smallest absolute Gasteiger partial charge is 0.253 e. The zero-order chi connectivity index (χ0) is 19.9. The molecule has 0 unspecified atom stereocenters. The lowest BCUT2D eigenvalue weighted by molar-refractivity contribution is 0.0952. The maximum atomic E-state index is 12.8. The van der Waals surface area contributed by atoms with E-state index in [0.717, 1.165) is 24.1 Å². The van der Waals surface area contributed by atoms with E-state index < -0.39 is 0 Å². The van der Waals surface area contributed by atoms with Crippen LogP contribution in [-0.4, -0.2) is 17.0 Å². The molecule has 4 heteroatoms. The maximum Gasteiger partial charge on any atom is 0.253 e. The summed E-state index contributed by atoms with van der Waals surface area (Å²) in [6, 6.07) is 21.7. The summed E-state index contributed by atoms with van der Waals surface area (Å²) in [5, 5.41) is 3.00. The van der Waals surface area contributed by atoms with Crippen LogP contribution >= 0.6 is 0 Å².